The maximum Gasteiger partial charge on any atom is 0.175 e. The molecule has 4 heteroatoms. The van der Waals surface area contributed by atoms with Crippen molar-refractivity contribution in [3.05, 3.63) is 21.7 Å². The van der Waals surface area contributed by atoms with Crippen LogP contribution in [0.4, 0.5) is 0 Å². The number of nitrogens with one attached hydrogen (secondary N) is 1. The third-order valence-electron chi connectivity index (χ3n) is 3.84. The minimum absolute atomic E-state index is 0.569. The highest BCUT2D eigenvalue weighted by Gasteiger charge is 2.23. The summed E-state index contributed by atoms with van der Waals surface area (Å²) in [6, 6.07) is 2.15. The van der Waals surface area contributed by atoms with E-state index in [1.165, 1.54) is 24.0 Å². The lowest BCUT2D eigenvalue weighted by Gasteiger charge is -2.27. The first kappa shape index (κ1) is 14.7. The van der Waals surface area contributed by atoms with Crippen molar-refractivity contribution in [3.63, 3.8) is 0 Å². The highest BCUT2D eigenvalue weighted by atomic mass is 79.9. The first-order valence-electron chi connectivity index (χ1n) is 6.86. The predicted molar refractivity (Wildman–Crippen MR) is 81.5 cm³/mol. The van der Waals surface area contributed by atoms with Gasteiger partial charge in [0.15, 0.2) is 11.5 Å². The zero-order chi connectivity index (χ0) is 13.8. The van der Waals surface area contributed by atoms with Gasteiger partial charge in [-0.15, -0.1) is 0 Å². The summed E-state index contributed by atoms with van der Waals surface area (Å²) in [5.41, 5.74) is 2.73. The van der Waals surface area contributed by atoms with Crippen molar-refractivity contribution in [3.8, 4) is 11.5 Å². The third-order valence-corrected chi connectivity index (χ3v) is 4.68. The second-order valence-electron chi connectivity index (χ2n) is 4.89. The van der Waals surface area contributed by atoms with Crippen LogP contribution < -0.4 is 14.8 Å². The van der Waals surface area contributed by atoms with Crippen LogP contribution in [0, 0.1) is 0 Å². The molecule has 1 N–H and O–H groups in total. The second-order valence-corrected chi connectivity index (χ2v) is 5.68. The van der Waals surface area contributed by atoms with Crippen molar-refractivity contribution in [2.75, 3.05) is 27.3 Å². The number of hydrogen-bond acceptors (Lipinski definition) is 3. The summed E-state index contributed by atoms with van der Waals surface area (Å²) in [6.45, 7) is 4.37. The molecule has 0 aromatic heterocycles. The van der Waals surface area contributed by atoms with E-state index < -0.39 is 0 Å². The van der Waals surface area contributed by atoms with E-state index in [0.717, 1.165) is 35.5 Å². The van der Waals surface area contributed by atoms with Gasteiger partial charge in [0, 0.05) is 6.54 Å². The van der Waals surface area contributed by atoms with E-state index >= 15 is 0 Å². The minimum Gasteiger partial charge on any atom is -0.493 e. The molecule has 1 aliphatic rings. The molecule has 1 saturated heterocycles. The summed E-state index contributed by atoms with van der Waals surface area (Å²) in [4.78, 5) is 0. The Kier molecular flexibility index (Phi) is 5.11. The standard InChI is InChI=1S/C15H22BrNO2/c1-4-11-12(10-6-5-7-17-9-10)8-13(18-2)15(19-3)14(11)16/h8,10,17H,4-7,9H2,1-3H3. The predicted octanol–water partition coefficient (Wildman–Crippen LogP) is 3.50. The number of methoxy groups -OCH3 is 2. The fraction of sp³-hybridized carbons (Fsp3) is 0.600. The molecule has 0 radical (unpaired) electrons. The van der Waals surface area contributed by atoms with Gasteiger partial charge >= 0.3 is 0 Å². The molecule has 0 saturated carbocycles. The molecule has 3 nitrogen and oxygen atoms in total. The smallest absolute Gasteiger partial charge is 0.175 e. The summed E-state index contributed by atoms with van der Waals surface area (Å²) in [7, 11) is 3.38. The van der Waals surface area contributed by atoms with E-state index in [0.29, 0.717) is 5.92 Å². The summed E-state index contributed by atoms with van der Waals surface area (Å²) >= 11 is 3.69. The van der Waals surface area contributed by atoms with Crippen molar-refractivity contribution < 1.29 is 9.47 Å². The maximum atomic E-state index is 5.47. The fourth-order valence-electron chi connectivity index (χ4n) is 2.85. The van der Waals surface area contributed by atoms with E-state index in [1.54, 1.807) is 14.2 Å². The van der Waals surface area contributed by atoms with E-state index in [1.807, 2.05) is 0 Å². The first-order chi connectivity index (χ1) is 9.22. The van der Waals surface area contributed by atoms with Crippen LogP contribution in [0.1, 0.15) is 36.8 Å². The molecule has 0 spiro atoms. The topological polar surface area (TPSA) is 30.5 Å². The van der Waals surface area contributed by atoms with Gasteiger partial charge in [-0.2, -0.15) is 0 Å². The Hall–Kier alpha value is -0.740. The van der Waals surface area contributed by atoms with Gasteiger partial charge in [-0.1, -0.05) is 6.92 Å². The lowest BCUT2D eigenvalue weighted by molar-refractivity contribution is 0.351. The molecular weight excluding hydrogens is 306 g/mol. The monoisotopic (exact) mass is 327 g/mol. The van der Waals surface area contributed by atoms with Crippen molar-refractivity contribution in [2.45, 2.75) is 32.1 Å². The second kappa shape index (κ2) is 6.62. The van der Waals surface area contributed by atoms with Gasteiger partial charge in [0.25, 0.3) is 0 Å². The Balaban J connectivity index is 2.49. The third kappa shape index (κ3) is 2.90. The van der Waals surface area contributed by atoms with Crippen molar-refractivity contribution in [1.29, 1.82) is 0 Å². The Morgan fingerprint density at radius 3 is 2.68 bits per heavy atom. The number of hydrogen-bond donors (Lipinski definition) is 1. The largest absolute Gasteiger partial charge is 0.493 e. The van der Waals surface area contributed by atoms with E-state index in [9.17, 15) is 0 Å². The van der Waals surface area contributed by atoms with Crippen LogP contribution in [0.15, 0.2) is 10.5 Å². The Labute approximate surface area is 123 Å². The van der Waals surface area contributed by atoms with Gasteiger partial charge in [-0.3, -0.25) is 0 Å². The molecular formula is C15H22BrNO2. The molecule has 1 aliphatic heterocycles. The van der Waals surface area contributed by atoms with Crippen LogP contribution in [0.25, 0.3) is 0 Å². The number of benzene rings is 1. The number of ether oxygens (including phenoxy) is 2. The van der Waals surface area contributed by atoms with Gasteiger partial charge in [-0.05, 0) is 64.8 Å². The Morgan fingerprint density at radius 2 is 2.16 bits per heavy atom. The van der Waals surface area contributed by atoms with Gasteiger partial charge in [0.1, 0.15) is 0 Å². The van der Waals surface area contributed by atoms with E-state index in [-0.39, 0.29) is 0 Å². The highest BCUT2D eigenvalue weighted by Crippen LogP contribution is 2.43. The highest BCUT2D eigenvalue weighted by molar-refractivity contribution is 9.10. The maximum absolute atomic E-state index is 5.47. The van der Waals surface area contributed by atoms with Crippen molar-refractivity contribution >= 4 is 15.9 Å². The molecule has 1 aromatic rings. The summed E-state index contributed by atoms with van der Waals surface area (Å²) < 4.78 is 12.0. The zero-order valence-corrected chi connectivity index (χ0v) is 13.5. The van der Waals surface area contributed by atoms with Gasteiger partial charge in [-0.25, -0.2) is 0 Å². The van der Waals surface area contributed by atoms with Crippen LogP contribution in [-0.2, 0) is 6.42 Å². The quantitative estimate of drug-likeness (QED) is 0.918. The van der Waals surface area contributed by atoms with Crippen LogP contribution in [0.3, 0.4) is 0 Å². The molecule has 1 unspecified atom stereocenters. The number of rotatable bonds is 4. The lowest BCUT2D eigenvalue weighted by Crippen LogP contribution is -2.29. The molecule has 106 valence electrons. The first-order valence-corrected chi connectivity index (χ1v) is 7.66. The molecule has 2 rings (SSSR count). The van der Waals surface area contributed by atoms with E-state index in [4.69, 9.17) is 9.47 Å². The molecule has 19 heavy (non-hydrogen) atoms. The summed E-state index contributed by atoms with van der Waals surface area (Å²) in [6.07, 6.45) is 3.47. The molecule has 0 bridgehead atoms. The van der Waals surface area contributed by atoms with Crippen LogP contribution in [0.5, 0.6) is 11.5 Å². The zero-order valence-electron chi connectivity index (χ0n) is 11.9. The van der Waals surface area contributed by atoms with Gasteiger partial charge < -0.3 is 14.8 Å². The van der Waals surface area contributed by atoms with Crippen LogP contribution in [-0.4, -0.2) is 27.3 Å². The number of piperidine rings is 1. The summed E-state index contributed by atoms with van der Waals surface area (Å²) in [5.74, 6) is 2.18. The summed E-state index contributed by atoms with van der Waals surface area (Å²) in [5, 5.41) is 3.48. The SMILES string of the molecule is CCc1c(C2CCCNC2)cc(OC)c(OC)c1Br. The van der Waals surface area contributed by atoms with Crippen molar-refractivity contribution in [2.24, 2.45) is 0 Å². The van der Waals surface area contributed by atoms with Gasteiger partial charge in [0.2, 0.25) is 0 Å². The average Bonchev–Trinajstić information content (AvgIpc) is 2.47. The Morgan fingerprint density at radius 1 is 1.37 bits per heavy atom. The average molecular weight is 328 g/mol. The van der Waals surface area contributed by atoms with Crippen molar-refractivity contribution in [1.82, 2.24) is 5.32 Å². The molecule has 0 amide bonds. The van der Waals surface area contributed by atoms with Gasteiger partial charge in [0.05, 0.1) is 18.7 Å². The molecule has 1 atom stereocenters. The fourth-order valence-corrected chi connectivity index (χ4v) is 3.72. The molecule has 1 heterocycles. The van der Waals surface area contributed by atoms with E-state index in [2.05, 4.69) is 34.2 Å². The molecule has 1 aromatic carbocycles. The molecule has 1 fully saturated rings. The normalized spacial score (nSPS) is 19.3. The van der Waals surface area contributed by atoms with Crippen LogP contribution >= 0.6 is 15.9 Å². The number of halogens is 1. The Bertz CT molecular complexity index is 442. The molecule has 0 aliphatic carbocycles. The lowest BCUT2D eigenvalue weighted by atomic mass is 9.87. The minimum atomic E-state index is 0.569. The van der Waals surface area contributed by atoms with Crippen LogP contribution in [0.2, 0.25) is 0 Å².